The highest BCUT2D eigenvalue weighted by atomic mass is 16.2. The fraction of sp³-hybridized carbons (Fsp3) is 0.640. The second-order valence-corrected chi connectivity index (χ2v) is 10.2. The summed E-state index contributed by atoms with van der Waals surface area (Å²) in [4.78, 5) is 46.0. The summed E-state index contributed by atoms with van der Waals surface area (Å²) in [5.74, 6) is 1.09. The fourth-order valence-electron chi connectivity index (χ4n) is 6.06. The molecule has 4 aliphatic rings. The third-order valence-electron chi connectivity index (χ3n) is 7.85. The van der Waals surface area contributed by atoms with E-state index in [2.05, 4.69) is 10.2 Å². The Kier molecular flexibility index (Phi) is 6.17. The first-order valence-electron chi connectivity index (χ1n) is 12.4. The van der Waals surface area contributed by atoms with Gasteiger partial charge in [0.1, 0.15) is 0 Å². The Morgan fingerprint density at radius 1 is 0.970 bits per heavy atom. The van der Waals surface area contributed by atoms with Gasteiger partial charge >= 0.3 is 12.1 Å². The van der Waals surface area contributed by atoms with Crippen LogP contribution in [-0.4, -0.2) is 89.4 Å². The van der Waals surface area contributed by atoms with Crippen molar-refractivity contribution in [1.82, 2.24) is 24.9 Å². The van der Waals surface area contributed by atoms with Gasteiger partial charge in [-0.25, -0.2) is 9.59 Å². The number of hydrogen-bond acceptors (Lipinski definition) is 3. The SMILES string of the molecule is Cc1ccc(CNC(=O)N2CCN(C(=O)N3C[C@H]4C[C@@H](C3)[C@H]3CCCC(=O)N3C4)CC2)cc1. The number of rotatable bonds is 2. The number of benzene rings is 1. The van der Waals surface area contributed by atoms with Crippen LogP contribution in [0.25, 0.3) is 0 Å². The van der Waals surface area contributed by atoms with Gasteiger partial charge in [0.25, 0.3) is 0 Å². The number of aryl methyl sites for hydroxylation is 1. The van der Waals surface area contributed by atoms with Gasteiger partial charge in [0.15, 0.2) is 0 Å². The Morgan fingerprint density at radius 3 is 2.45 bits per heavy atom. The van der Waals surface area contributed by atoms with Crippen LogP contribution in [-0.2, 0) is 11.3 Å². The van der Waals surface area contributed by atoms with Crippen molar-refractivity contribution in [3.63, 3.8) is 0 Å². The Bertz CT molecular complexity index is 896. The molecule has 4 saturated heterocycles. The van der Waals surface area contributed by atoms with E-state index in [1.165, 1.54) is 5.56 Å². The Balaban J connectivity index is 1.11. The van der Waals surface area contributed by atoms with Crippen LogP contribution in [0.5, 0.6) is 0 Å². The summed E-state index contributed by atoms with van der Waals surface area (Å²) < 4.78 is 0. The number of urea groups is 2. The molecule has 4 heterocycles. The summed E-state index contributed by atoms with van der Waals surface area (Å²) in [5, 5.41) is 2.99. The number of nitrogens with one attached hydrogen (secondary N) is 1. The molecule has 0 saturated carbocycles. The molecule has 0 unspecified atom stereocenters. The topological polar surface area (TPSA) is 76.2 Å². The zero-order chi connectivity index (χ0) is 22.9. The number of amides is 5. The maximum absolute atomic E-state index is 13.3. The zero-order valence-corrected chi connectivity index (χ0v) is 19.5. The number of piperazine rings is 1. The number of hydrogen-bond donors (Lipinski definition) is 1. The van der Waals surface area contributed by atoms with Gasteiger partial charge in [0.2, 0.25) is 5.91 Å². The molecule has 1 N–H and O–H groups in total. The van der Waals surface area contributed by atoms with E-state index in [-0.39, 0.29) is 12.1 Å². The zero-order valence-electron chi connectivity index (χ0n) is 19.5. The number of carbonyl (C=O) groups is 3. The molecule has 0 aliphatic carbocycles. The fourth-order valence-corrected chi connectivity index (χ4v) is 6.06. The van der Waals surface area contributed by atoms with Gasteiger partial charge in [-0.2, -0.15) is 0 Å². The number of likely N-dealkylation sites (tertiary alicyclic amines) is 1. The molecule has 0 aromatic heterocycles. The summed E-state index contributed by atoms with van der Waals surface area (Å²) in [6.07, 6.45) is 3.86. The number of nitrogens with zero attached hydrogens (tertiary/aromatic N) is 4. The minimum Gasteiger partial charge on any atom is -0.339 e. The van der Waals surface area contributed by atoms with E-state index in [1.807, 2.05) is 41.0 Å². The van der Waals surface area contributed by atoms with Crippen molar-refractivity contribution in [1.29, 1.82) is 0 Å². The average molecular weight is 454 g/mol. The second-order valence-electron chi connectivity index (χ2n) is 10.2. The van der Waals surface area contributed by atoms with E-state index in [4.69, 9.17) is 0 Å². The molecule has 1 aromatic rings. The first kappa shape index (κ1) is 22.0. The quantitative estimate of drug-likeness (QED) is 0.747. The van der Waals surface area contributed by atoms with Crippen molar-refractivity contribution >= 4 is 18.0 Å². The van der Waals surface area contributed by atoms with Gasteiger partial charge in [-0.3, -0.25) is 4.79 Å². The van der Waals surface area contributed by atoms with Gasteiger partial charge in [0, 0.05) is 64.8 Å². The van der Waals surface area contributed by atoms with E-state index < -0.39 is 0 Å². The lowest BCUT2D eigenvalue weighted by atomic mass is 9.76. The van der Waals surface area contributed by atoms with Crippen LogP contribution in [0.4, 0.5) is 9.59 Å². The first-order valence-corrected chi connectivity index (χ1v) is 12.4. The third kappa shape index (κ3) is 4.66. The molecule has 8 heteroatoms. The smallest absolute Gasteiger partial charge is 0.320 e. The normalized spacial score (nSPS) is 27.3. The van der Waals surface area contributed by atoms with Crippen LogP contribution >= 0.6 is 0 Å². The van der Waals surface area contributed by atoms with Crippen molar-refractivity contribution in [3.05, 3.63) is 35.4 Å². The minimum atomic E-state index is -0.0720. The molecule has 4 aliphatic heterocycles. The molecule has 4 fully saturated rings. The molecular formula is C25H35N5O3. The lowest BCUT2D eigenvalue weighted by Crippen LogP contribution is -2.63. The van der Waals surface area contributed by atoms with Gasteiger partial charge in [0.05, 0.1) is 0 Å². The van der Waals surface area contributed by atoms with Gasteiger partial charge < -0.3 is 24.9 Å². The molecule has 3 atom stereocenters. The van der Waals surface area contributed by atoms with Crippen LogP contribution < -0.4 is 5.32 Å². The monoisotopic (exact) mass is 453 g/mol. The van der Waals surface area contributed by atoms with Crippen LogP contribution in [0.1, 0.15) is 36.8 Å². The summed E-state index contributed by atoms with van der Waals surface area (Å²) in [6.45, 7) is 7.09. The predicted molar refractivity (Wildman–Crippen MR) is 124 cm³/mol. The van der Waals surface area contributed by atoms with Gasteiger partial charge in [-0.15, -0.1) is 0 Å². The van der Waals surface area contributed by atoms with Gasteiger partial charge in [-0.05, 0) is 43.6 Å². The average Bonchev–Trinajstić information content (AvgIpc) is 2.84. The summed E-state index contributed by atoms with van der Waals surface area (Å²) >= 11 is 0. The predicted octanol–water partition coefficient (Wildman–Crippen LogP) is 2.28. The Morgan fingerprint density at radius 2 is 1.70 bits per heavy atom. The van der Waals surface area contributed by atoms with E-state index >= 15 is 0 Å². The largest absolute Gasteiger partial charge is 0.339 e. The van der Waals surface area contributed by atoms with Crippen LogP contribution in [0.3, 0.4) is 0 Å². The molecule has 8 nitrogen and oxygen atoms in total. The van der Waals surface area contributed by atoms with Crippen LogP contribution in [0, 0.1) is 18.8 Å². The Hall–Kier alpha value is -2.77. The molecule has 1 aromatic carbocycles. The third-order valence-corrected chi connectivity index (χ3v) is 7.85. The maximum atomic E-state index is 13.3. The van der Waals surface area contributed by atoms with Gasteiger partial charge in [-0.1, -0.05) is 29.8 Å². The summed E-state index contributed by atoms with van der Waals surface area (Å²) in [7, 11) is 0. The molecule has 0 radical (unpaired) electrons. The minimum absolute atomic E-state index is 0.0720. The lowest BCUT2D eigenvalue weighted by Gasteiger charge is -2.53. The molecular weight excluding hydrogens is 418 g/mol. The van der Waals surface area contributed by atoms with Crippen molar-refractivity contribution in [3.8, 4) is 0 Å². The first-order chi connectivity index (χ1) is 16.0. The van der Waals surface area contributed by atoms with E-state index in [0.717, 1.165) is 44.5 Å². The summed E-state index contributed by atoms with van der Waals surface area (Å²) in [5.41, 5.74) is 2.28. The number of piperidine rings is 3. The summed E-state index contributed by atoms with van der Waals surface area (Å²) in [6, 6.07) is 8.49. The second kappa shape index (κ2) is 9.23. The standard InChI is InChI=1S/C25H35N5O3/c1-18-5-7-19(8-6-18)14-26-24(32)27-9-11-28(12-10-27)25(33)29-15-20-13-21(17-29)22-3-2-4-23(31)30(22)16-20/h5-8,20-22H,2-4,9-17H2,1H3,(H,26,32)/t20-,21+,22-/m1/s1. The van der Waals surface area contributed by atoms with E-state index in [1.54, 1.807) is 4.90 Å². The van der Waals surface area contributed by atoms with Crippen molar-refractivity contribution < 1.29 is 14.4 Å². The van der Waals surface area contributed by atoms with E-state index in [0.29, 0.717) is 62.9 Å². The molecule has 0 spiro atoms. The van der Waals surface area contributed by atoms with Crippen LogP contribution in [0.15, 0.2) is 24.3 Å². The molecule has 5 rings (SSSR count). The van der Waals surface area contributed by atoms with Crippen molar-refractivity contribution in [2.24, 2.45) is 11.8 Å². The molecule has 178 valence electrons. The maximum Gasteiger partial charge on any atom is 0.320 e. The van der Waals surface area contributed by atoms with Crippen LogP contribution in [0.2, 0.25) is 0 Å². The van der Waals surface area contributed by atoms with Crippen molar-refractivity contribution in [2.75, 3.05) is 45.8 Å². The highest BCUT2D eigenvalue weighted by molar-refractivity contribution is 5.78. The molecule has 2 bridgehead atoms. The number of carbonyl (C=O) groups excluding carboxylic acids is 3. The molecule has 5 amide bonds. The van der Waals surface area contributed by atoms with Crippen molar-refractivity contribution in [2.45, 2.75) is 45.2 Å². The molecule has 33 heavy (non-hydrogen) atoms. The van der Waals surface area contributed by atoms with E-state index in [9.17, 15) is 14.4 Å². The lowest BCUT2D eigenvalue weighted by molar-refractivity contribution is -0.144. The Labute approximate surface area is 195 Å². The highest BCUT2D eigenvalue weighted by Crippen LogP contribution is 2.38. The highest BCUT2D eigenvalue weighted by Gasteiger charge is 2.45. The number of fused-ring (bicyclic) bond motifs is 4.